The Morgan fingerprint density at radius 3 is 1.75 bits per heavy atom. The Kier molecular flexibility index (Phi) is 10.4. The van der Waals surface area contributed by atoms with E-state index < -0.39 is 51.5 Å². The molecule has 4 aromatic carbocycles. The predicted octanol–water partition coefficient (Wildman–Crippen LogP) is 5.50. The number of hydrogen-bond donors (Lipinski definition) is 4. The van der Waals surface area contributed by atoms with E-state index in [1.807, 2.05) is 0 Å². The van der Waals surface area contributed by atoms with Gasteiger partial charge >= 0.3 is 0 Å². The Morgan fingerprint density at radius 2 is 1.27 bits per heavy atom. The molecule has 0 saturated heterocycles. The van der Waals surface area contributed by atoms with Crippen LogP contribution in [0.25, 0.3) is 10.8 Å². The quantitative estimate of drug-likeness (QED) is 0.0803. The number of methoxy groups -OCH3 is 2. The monoisotopic (exact) mass is 722 g/mol. The molecule has 0 atom stereocenters. The normalized spacial score (nSPS) is 12.8. The molecule has 20 heteroatoms. The summed E-state index contributed by atoms with van der Waals surface area (Å²) in [6.45, 7) is 4.12. The van der Waals surface area contributed by atoms with Crippen molar-refractivity contribution in [3.63, 3.8) is 0 Å². The zero-order valence-electron chi connectivity index (χ0n) is 25.8. The Labute approximate surface area is 275 Å². The van der Waals surface area contributed by atoms with E-state index in [1.54, 1.807) is 13.8 Å². The molecular weight excluding hydrogens is 693 g/mol. The smallest absolute Gasteiger partial charge is 0.296 e. The zero-order valence-corrected chi connectivity index (χ0v) is 28.2. The van der Waals surface area contributed by atoms with Gasteiger partial charge in [-0.05, 0) is 47.9 Å². The third-order valence-corrected chi connectivity index (χ3v) is 10.7. The van der Waals surface area contributed by atoms with Crippen LogP contribution >= 0.6 is 0 Å². The van der Waals surface area contributed by atoms with Gasteiger partial charge in [0.05, 0.1) is 29.7 Å². The topological polar surface area (TPSA) is 260 Å². The summed E-state index contributed by atoms with van der Waals surface area (Å²) in [6.07, 6.45) is 0. The largest absolute Gasteiger partial charge is 0.505 e. The number of nitrogens with zero attached hydrogens (tertiary/aromatic N) is 5. The number of rotatable bonds is 12. The number of phenols is 1. The first-order valence-electron chi connectivity index (χ1n) is 13.7. The molecule has 0 bridgehead atoms. The van der Waals surface area contributed by atoms with Crippen molar-refractivity contribution in [2.24, 2.45) is 20.5 Å². The molecule has 0 aliphatic rings. The molecule has 0 unspecified atom stereocenters. The van der Waals surface area contributed by atoms with Gasteiger partial charge in [-0.1, -0.05) is 13.8 Å². The second-order valence-electron chi connectivity index (χ2n) is 9.81. The van der Waals surface area contributed by atoms with Crippen LogP contribution < -0.4 is 15.2 Å². The van der Waals surface area contributed by atoms with Gasteiger partial charge in [0.2, 0.25) is 10.0 Å². The van der Waals surface area contributed by atoms with Crippen LogP contribution in [0.2, 0.25) is 0 Å². The fourth-order valence-corrected chi connectivity index (χ4v) is 7.24. The molecule has 0 amide bonds. The maximum Gasteiger partial charge on any atom is 0.296 e. The lowest BCUT2D eigenvalue weighted by Crippen LogP contribution is -2.30. The molecule has 4 aromatic rings. The van der Waals surface area contributed by atoms with Gasteiger partial charge in [-0.25, -0.2) is 8.42 Å². The van der Waals surface area contributed by atoms with Crippen LogP contribution in [0.4, 0.5) is 28.4 Å². The minimum Gasteiger partial charge on any atom is -0.505 e. The van der Waals surface area contributed by atoms with Gasteiger partial charge in [-0.2, -0.15) is 26.3 Å². The van der Waals surface area contributed by atoms with E-state index in [9.17, 15) is 39.5 Å². The van der Waals surface area contributed by atoms with Crippen molar-refractivity contribution in [3.05, 3.63) is 54.6 Å². The molecule has 0 aromatic heterocycles. The molecule has 0 fully saturated rings. The van der Waals surface area contributed by atoms with E-state index in [-0.39, 0.29) is 44.2 Å². The molecule has 256 valence electrons. The van der Waals surface area contributed by atoms with Crippen LogP contribution in [0.5, 0.6) is 17.2 Å². The number of nitrogens with two attached hydrogens (primary N) is 1. The highest BCUT2D eigenvalue weighted by atomic mass is 32.2. The van der Waals surface area contributed by atoms with Crippen LogP contribution in [0.15, 0.2) is 89.7 Å². The average molecular weight is 723 g/mol. The number of phenolic OH excluding ortho intramolecular Hbond substituents is 1. The molecule has 17 nitrogen and oxygen atoms in total. The summed E-state index contributed by atoms with van der Waals surface area (Å²) >= 11 is 0. The Balaban J connectivity index is 1.76. The Morgan fingerprint density at radius 1 is 0.729 bits per heavy atom. The minimum absolute atomic E-state index is 0.0418. The van der Waals surface area contributed by atoms with Crippen molar-refractivity contribution < 1.29 is 48.9 Å². The van der Waals surface area contributed by atoms with Crippen LogP contribution in [0.3, 0.4) is 0 Å². The number of anilines is 1. The van der Waals surface area contributed by atoms with E-state index in [0.29, 0.717) is 18.8 Å². The third kappa shape index (κ3) is 7.37. The molecule has 5 N–H and O–H groups in total. The summed E-state index contributed by atoms with van der Waals surface area (Å²) in [4.78, 5) is -1.54. The molecule has 0 radical (unpaired) electrons. The first kappa shape index (κ1) is 36.1. The predicted molar refractivity (Wildman–Crippen MR) is 174 cm³/mol. The molecule has 4 rings (SSSR count). The van der Waals surface area contributed by atoms with E-state index in [4.69, 9.17) is 15.2 Å². The Bertz CT molecular complexity index is 2270. The number of nitrogen functional groups attached to an aromatic ring is 1. The maximum atomic E-state index is 12.8. The molecule has 0 aliphatic heterocycles. The fraction of sp³-hybridized carbons (Fsp3) is 0.214. The Hall–Kier alpha value is -4.73. The number of fused-ring (bicyclic) bond motifs is 1. The average Bonchev–Trinajstić information content (AvgIpc) is 3.02. The maximum absolute atomic E-state index is 12.8. The lowest BCUT2D eigenvalue weighted by atomic mass is 10.1. The van der Waals surface area contributed by atoms with Crippen LogP contribution in [-0.4, -0.2) is 71.1 Å². The van der Waals surface area contributed by atoms with Gasteiger partial charge in [0.15, 0.2) is 5.75 Å². The number of hydrogen-bond acceptors (Lipinski definition) is 14. The molecule has 0 aliphatic carbocycles. The van der Waals surface area contributed by atoms with Crippen molar-refractivity contribution in [3.8, 4) is 17.2 Å². The number of benzene rings is 4. The van der Waals surface area contributed by atoms with Gasteiger partial charge in [-0.15, -0.1) is 15.3 Å². The second-order valence-corrected chi connectivity index (χ2v) is 14.6. The van der Waals surface area contributed by atoms with Crippen molar-refractivity contribution in [2.45, 2.75) is 28.5 Å². The van der Waals surface area contributed by atoms with Gasteiger partial charge < -0.3 is 20.3 Å². The molecular formula is C28H30N6O11S3. The third-order valence-electron chi connectivity index (χ3n) is 6.92. The van der Waals surface area contributed by atoms with E-state index in [0.717, 1.165) is 18.2 Å². The van der Waals surface area contributed by atoms with E-state index in [1.165, 1.54) is 54.9 Å². The zero-order chi connectivity index (χ0) is 35.6. The number of sulfonamides is 1. The minimum atomic E-state index is -5.09. The fourth-order valence-electron chi connectivity index (χ4n) is 4.57. The van der Waals surface area contributed by atoms with Crippen LogP contribution in [-0.2, 0) is 30.3 Å². The lowest BCUT2D eigenvalue weighted by molar-refractivity contribution is 0.405. The lowest BCUT2D eigenvalue weighted by Gasteiger charge is -2.18. The standard InChI is InChI=1S/C28H30N6O11S3/c1-5-34(6-2)46(36,37)18-9-7-17(8-10-18)30-31-21-14-24(45-4)22(15-23(21)44-3)32-33-27-25(48(41,42)43)12-16-11-19(47(38,39)40)13-20(29)26(16)28(27)35/h7-15,35H,5-6,29H2,1-4H3,(H,38,39,40)(H,41,42,43)/b31-30+,33-32+. The summed E-state index contributed by atoms with van der Waals surface area (Å²) in [6, 6.07) is 11.0. The van der Waals surface area contributed by atoms with Crippen LogP contribution in [0.1, 0.15) is 13.8 Å². The number of ether oxygens (including phenoxy) is 2. The highest BCUT2D eigenvalue weighted by Crippen LogP contribution is 2.46. The molecule has 0 heterocycles. The molecule has 48 heavy (non-hydrogen) atoms. The first-order chi connectivity index (χ1) is 22.5. The number of aromatic hydroxyl groups is 1. The van der Waals surface area contributed by atoms with Gasteiger partial charge in [0.25, 0.3) is 20.2 Å². The highest BCUT2D eigenvalue weighted by Gasteiger charge is 2.25. The van der Waals surface area contributed by atoms with Gasteiger partial charge in [0, 0.05) is 36.3 Å². The van der Waals surface area contributed by atoms with E-state index >= 15 is 0 Å². The second kappa shape index (κ2) is 13.8. The number of azo groups is 2. The SMILES string of the molecule is CCN(CC)S(=O)(=O)c1ccc(/N=N/c2cc(OC)c(/N=N/c3c(S(=O)(=O)O)cc4cc(S(=O)(=O)O)cc(N)c4c3O)cc2OC)cc1. The van der Waals surface area contributed by atoms with Crippen LogP contribution in [0, 0.1) is 0 Å². The van der Waals surface area contributed by atoms with E-state index in [2.05, 4.69) is 20.5 Å². The van der Waals surface area contributed by atoms with Crippen molar-refractivity contribution in [2.75, 3.05) is 33.0 Å². The highest BCUT2D eigenvalue weighted by molar-refractivity contribution is 7.89. The van der Waals surface area contributed by atoms with Gasteiger partial charge in [-0.3, -0.25) is 9.11 Å². The van der Waals surface area contributed by atoms with Gasteiger partial charge in [0.1, 0.15) is 33.5 Å². The summed E-state index contributed by atoms with van der Waals surface area (Å²) < 4.78 is 105. The van der Waals surface area contributed by atoms with Crippen molar-refractivity contribution in [1.82, 2.24) is 4.31 Å². The summed E-state index contributed by atoms with van der Waals surface area (Å²) in [5.74, 6) is -0.718. The summed E-state index contributed by atoms with van der Waals surface area (Å²) in [5.41, 5.74) is 5.24. The van der Waals surface area contributed by atoms with Crippen molar-refractivity contribution in [1.29, 1.82) is 0 Å². The molecule has 0 spiro atoms. The molecule has 0 saturated carbocycles. The summed E-state index contributed by atoms with van der Waals surface area (Å²) in [5, 5.41) is 26.6. The van der Waals surface area contributed by atoms with Crippen molar-refractivity contribution >= 4 is 69.5 Å². The first-order valence-corrected chi connectivity index (χ1v) is 18.0. The summed E-state index contributed by atoms with van der Waals surface area (Å²) in [7, 11) is -10.9.